The predicted molar refractivity (Wildman–Crippen MR) is 143 cm³/mol. The average molecular weight is 563 g/mol. The highest BCUT2D eigenvalue weighted by Gasteiger charge is 2.33. The van der Waals surface area contributed by atoms with Crippen LogP contribution in [-0.4, -0.2) is 95.1 Å². The van der Waals surface area contributed by atoms with Gasteiger partial charge in [-0.05, 0) is 35.9 Å². The quantitative estimate of drug-likeness (QED) is 0.507. The van der Waals surface area contributed by atoms with Crippen LogP contribution < -0.4 is 25.4 Å². The molecule has 3 fully saturated rings. The number of alkyl halides is 2. The molecule has 0 aromatic heterocycles. The van der Waals surface area contributed by atoms with Crippen LogP contribution in [0.3, 0.4) is 0 Å². The van der Waals surface area contributed by atoms with Gasteiger partial charge in [-0.15, -0.1) is 0 Å². The van der Waals surface area contributed by atoms with Crippen molar-refractivity contribution in [2.24, 2.45) is 0 Å². The van der Waals surface area contributed by atoms with Crippen LogP contribution in [-0.2, 0) is 20.8 Å². The van der Waals surface area contributed by atoms with Crippen LogP contribution in [0.4, 0.5) is 35.0 Å². The highest BCUT2D eigenvalue weighted by atomic mass is 19.3. The minimum absolute atomic E-state index is 0.0111. The Hall–Kier alpha value is -3.55. The first-order valence-electron chi connectivity index (χ1n) is 13.4. The number of hydrogen-bond acceptors (Lipinski definition) is 8. The van der Waals surface area contributed by atoms with Crippen LogP contribution in [0.25, 0.3) is 0 Å². The fourth-order valence-electron chi connectivity index (χ4n) is 5.06. The third kappa shape index (κ3) is 6.77. The molecule has 0 bridgehead atoms. The zero-order chi connectivity index (χ0) is 28.1. The molecule has 0 aliphatic carbocycles. The van der Waals surface area contributed by atoms with E-state index in [1.807, 2.05) is 10.2 Å². The largest absolute Gasteiger partial charge is 0.442 e. The number of morpholine rings is 1. The Kier molecular flexibility index (Phi) is 8.92. The number of carbonyl (C=O) groups excluding carboxylic acids is 2. The minimum atomic E-state index is -3.15. The molecule has 2 aromatic carbocycles. The summed E-state index contributed by atoms with van der Waals surface area (Å²) in [5.74, 6) is -1.91. The van der Waals surface area contributed by atoms with Gasteiger partial charge in [-0.1, -0.05) is 12.1 Å². The summed E-state index contributed by atoms with van der Waals surface area (Å²) in [5.41, 5.74) is 6.51. The summed E-state index contributed by atoms with van der Waals surface area (Å²) < 4.78 is 50.5. The van der Waals surface area contributed by atoms with Gasteiger partial charge in [0.1, 0.15) is 11.9 Å². The van der Waals surface area contributed by atoms with Crippen LogP contribution >= 0.6 is 0 Å². The van der Waals surface area contributed by atoms with Crippen molar-refractivity contribution in [3.63, 3.8) is 0 Å². The molecule has 2 N–H and O–H groups in total. The lowest BCUT2D eigenvalue weighted by molar-refractivity contribution is -0.132. The standard InChI is InChI=1S/C27H33F3N6O4/c28-23-15-21(36-18-22(40-27(36)38)16-31-26(37)25(29)30)5-6-24(23)34-8-7-32-35(10-9-34)17-19-1-3-20(4-2-19)33-11-13-39-14-12-33/h1-6,15,22,25,32H,7-14,16-18H2,(H,31,37). The van der Waals surface area contributed by atoms with Gasteiger partial charge in [-0.25, -0.2) is 14.2 Å². The summed E-state index contributed by atoms with van der Waals surface area (Å²) in [5, 5.41) is 4.16. The van der Waals surface area contributed by atoms with E-state index in [2.05, 4.69) is 39.6 Å². The zero-order valence-electron chi connectivity index (χ0n) is 22.0. The van der Waals surface area contributed by atoms with Crippen LogP contribution in [0.2, 0.25) is 0 Å². The van der Waals surface area contributed by atoms with Gasteiger partial charge >= 0.3 is 12.5 Å². The van der Waals surface area contributed by atoms with Crippen molar-refractivity contribution in [2.45, 2.75) is 19.1 Å². The maximum absolute atomic E-state index is 15.2. The van der Waals surface area contributed by atoms with Crippen LogP contribution in [0.5, 0.6) is 0 Å². The third-order valence-corrected chi connectivity index (χ3v) is 7.20. The summed E-state index contributed by atoms with van der Waals surface area (Å²) >= 11 is 0. The van der Waals surface area contributed by atoms with Crippen LogP contribution in [0, 0.1) is 5.82 Å². The van der Waals surface area contributed by atoms with Gasteiger partial charge < -0.3 is 24.6 Å². The van der Waals surface area contributed by atoms with E-state index < -0.39 is 30.3 Å². The highest BCUT2D eigenvalue weighted by molar-refractivity contribution is 5.90. The first-order chi connectivity index (χ1) is 19.4. The molecular formula is C27H33F3N6O4. The number of nitrogens with one attached hydrogen (secondary N) is 2. The van der Waals surface area contributed by atoms with Gasteiger partial charge in [0.15, 0.2) is 0 Å². The molecule has 3 saturated heterocycles. The van der Waals surface area contributed by atoms with Gasteiger partial charge in [0, 0.05) is 51.5 Å². The smallest absolute Gasteiger partial charge is 0.414 e. The molecule has 216 valence electrons. The van der Waals surface area contributed by atoms with Crippen molar-refractivity contribution >= 4 is 29.1 Å². The summed E-state index contributed by atoms with van der Waals surface area (Å²) in [6.07, 6.45) is -4.68. The number of hydrazine groups is 1. The SMILES string of the molecule is O=C(NCC1CN(c2ccc(N3CCNN(Cc4ccc(N5CCOCC5)cc4)CC3)c(F)c2)C(=O)O1)C(F)F. The molecule has 40 heavy (non-hydrogen) atoms. The van der Waals surface area contributed by atoms with Gasteiger partial charge in [0.25, 0.3) is 5.91 Å². The first-order valence-corrected chi connectivity index (χ1v) is 13.4. The number of hydrogen-bond donors (Lipinski definition) is 2. The van der Waals surface area contributed by atoms with Crippen LogP contribution in [0.15, 0.2) is 42.5 Å². The molecule has 10 nitrogen and oxygen atoms in total. The second-order valence-corrected chi connectivity index (χ2v) is 9.88. The Morgan fingerprint density at radius 2 is 1.75 bits per heavy atom. The average Bonchev–Trinajstić information content (AvgIpc) is 3.18. The Balaban J connectivity index is 1.14. The topological polar surface area (TPSA) is 89.6 Å². The number of nitrogens with zero attached hydrogens (tertiary/aromatic N) is 4. The van der Waals surface area contributed by atoms with Crippen molar-refractivity contribution in [3.05, 3.63) is 53.8 Å². The Bertz CT molecular complexity index is 1180. The van der Waals surface area contributed by atoms with Crippen molar-refractivity contribution in [3.8, 4) is 0 Å². The zero-order valence-corrected chi connectivity index (χ0v) is 22.0. The number of ether oxygens (including phenoxy) is 2. The van der Waals surface area contributed by atoms with Crippen molar-refractivity contribution in [2.75, 3.05) is 80.3 Å². The van der Waals surface area contributed by atoms with Crippen LogP contribution in [0.1, 0.15) is 5.56 Å². The van der Waals surface area contributed by atoms with Gasteiger partial charge in [-0.2, -0.15) is 8.78 Å². The predicted octanol–water partition coefficient (Wildman–Crippen LogP) is 2.20. The Morgan fingerprint density at radius 1 is 1.00 bits per heavy atom. The molecule has 5 rings (SSSR count). The number of rotatable bonds is 8. The minimum Gasteiger partial charge on any atom is -0.442 e. The van der Waals surface area contributed by atoms with E-state index in [0.717, 1.165) is 26.3 Å². The van der Waals surface area contributed by atoms with E-state index in [0.29, 0.717) is 44.1 Å². The summed E-state index contributed by atoms with van der Waals surface area (Å²) in [7, 11) is 0. The van der Waals surface area contributed by atoms with Crippen molar-refractivity contribution in [1.29, 1.82) is 0 Å². The van der Waals surface area contributed by atoms with Gasteiger partial charge in [0.05, 0.1) is 37.7 Å². The number of cyclic esters (lactones) is 1. The second-order valence-electron chi connectivity index (χ2n) is 9.88. The molecule has 3 heterocycles. The normalized spacial score (nSPS) is 20.6. The number of benzene rings is 2. The van der Waals surface area contributed by atoms with Crippen molar-refractivity contribution in [1.82, 2.24) is 15.8 Å². The number of amides is 2. The molecule has 2 amide bonds. The first kappa shape index (κ1) is 28.0. The molecule has 0 radical (unpaired) electrons. The van der Waals surface area contributed by atoms with E-state index >= 15 is 4.39 Å². The fraction of sp³-hybridized carbons (Fsp3) is 0.481. The summed E-state index contributed by atoms with van der Waals surface area (Å²) in [4.78, 5) is 28.9. The number of carbonyl (C=O) groups is 2. The maximum atomic E-state index is 15.2. The van der Waals surface area contributed by atoms with E-state index in [4.69, 9.17) is 9.47 Å². The highest BCUT2D eigenvalue weighted by Crippen LogP contribution is 2.28. The van der Waals surface area contributed by atoms with Crippen molar-refractivity contribution < 1.29 is 32.2 Å². The third-order valence-electron chi connectivity index (χ3n) is 7.20. The molecule has 3 aliphatic heterocycles. The van der Waals surface area contributed by atoms with E-state index in [1.165, 1.54) is 22.2 Å². The van der Waals surface area contributed by atoms with E-state index in [1.54, 1.807) is 12.1 Å². The summed E-state index contributed by atoms with van der Waals surface area (Å²) in [6, 6.07) is 13.1. The summed E-state index contributed by atoms with van der Waals surface area (Å²) in [6.45, 7) is 6.28. The Labute approximate surface area is 230 Å². The molecule has 0 spiro atoms. The maximum Gasteiger partial charge on any atom is 0.414 e. The number of anilines is 3. The molecule has 1 atom stereocenters. The molecule has 2 aromatic rings. The Morgan fingerprint density at radius 3 is 2.48 bits per heavy atom. The molecule has 3 aliphatic rings. The molecule has 0 saturated carbocycles. The molecule has 1 unspecified atom stereocenters. The molecular weight excluding hydrogens is 529 g/mol. The lowest BCUT2D eigenvalue weighted by atomic mass is 10.2. The van der Waals surface area contributed by atoms with Gasteiger partial charge in [0.2, 0.25) is 0 Å². The lowest BCUT2D eigenvalue weighted by Gasteiger charge is -2.29. The number of halogens is 3. The lowest BCUT2D eigenvalue weighted by Crippen LogP contribution is -2.38. The van der Waals surface area contributed by atoms with E-state index in [-0.39, 0.29) is 13.1 Å². The molecule has 13 heteroatoms. The fourth-order valence-corrected chi connectivity index (χ4v) is 5.06. The second kappa shape index (κ2) is 12.7. The monoisotopic (exact) mass is 562 g/mol. The van der Waals surface area contributed by atoms with E-state index in [9.17, 15) is 18.4 Å². The van der Waals surface area contributed by atoms with Gasteiger partial charge in [-0.3, -0.25) is 15.1 Å².